The second kappa shape index (κ2) is 8.32. The Morgan fingerprint density at radius 1 is 1.54 bits per heavy atom. The van der Waals surface area contributed by atoms with Crippen LogP contribution < -0.4 is 5.73 Å². The Kier molecular flexibility index (Phi) is 6.67. The van der Waals surface area contributed by atoms with E-state index in [2.05, 4.69) is 30.5 Å². The first-order valence-corrected chi connectivity index (χ1v) is 10.6. The number of aromatic nitrogens is 2. The number of aliphatic hydroxyl groups excluding tert-OH is 2. The highest BCUT2D eigenvalue weighted by Crippen LogP contribution is 2.30. The van der Waals surface area contributed by atoms with Crippen molar-refractivity contribution < 1.29 is 10.2 Å². The molecule has 1 aromatic heterocycles. The zero-order chi connectivity index (χ0) is 17.9. The van der Waals surface area contributed by atoms with Gasteiger partial charge in [0.2, 0.25) is 0 Å². The molecule has 1 atom stereocenters. The molecule has 0 aliphatic heterocycles. The summed E-state index contributed by atoms with van der Waals surface area (Å²) in [5, 5.41) is 22.9. The van der Waals surface area contributed by atoms with E-state index in [-0.39, 0.29) is 13.0 Å². The van der Waals surface area contributed by atoms with Crippen LogP contribution in [0.3, 0.4) is 0 Å². The van der Waals surface area contributed by atoms with Crippen LogP contribution in [0.15, 0.2) is 27.8 Å². The van der Waals surface area contributed by atoms with Gasteiger partial charge in [-0.05, 0) is 24.6 Å². The first kappa shape index (κ1) is 19.2. The van der Waals surface area contributed by atoms with Crippen LogP contribution >= 0.6 is 36.7 Å². The van der Waals surface area contributed by atoms with Gasteiger partial charge in [0, 0.05) is 27.1 Å². The van der Waals surface area contributed by atoms with Crippen LogP contribution in [0.1, 0.15) is 16.8 Å². The van der Waals surface area contributed by atoms with Crippen molar-refractivity contribution in [2.24, 2.45) is 17.8 Å². The number of nitrogens with zero attached hydrogens (tertiary/aromatic N) is 3. The molecule has 0 saturated heterocycles. The topological polar surface area (TPSA) is 96.7 Å². The summed E-state index contributed by atoms with van der Waals surface area (Å²) in [4.78, 5) is 4.58. The number of benzene rings is 1. The fourth-order valence-electron chi connectivity index (χ4n) is 2.30. The smallest absolute Gasteiger partial charge is 0.150 e. The Morgan fingerprint density at radius 3 is 2.88 bits per heavy atom. The largest absolute Gasteiger partial charge is 0.394 e. The lowest BCUT2D eigenvalue weighted by molar-refractivity contribution is 0.0954. The molecule has 4 N–H and O–H groups in total. The summed E-state index contributed by atoms with van der Waals surface area (Å²) in [6.45, 7) is 1.69. The van der Waals surface area contributed by atoms with Crippen molar-refractivity contribution in [2.45, 2.75) is 19.4 Å². The highest BCUT2D eigenvalue weighted by Gasteiger charge is 2.16. The number of hydrogen-bond donors (Lipinski definition) is 3. The van der Waals surface area contributed by atoms with Gasteiger partial charge in [0.15, 0.2) is 0 Å². The minimum Gasteiger partial charge on any atom is -0.394 e. The van der Waals surface area contributed by atoms with Gasteiger partial charge in [-0.3, -0.25) is 4.68 Å². The first-order valence-electron chi connectivity index (χ1n) is 7.20. The summed E-state index contributed by atoms with van der Waals surface area (Å²) >= 11 is 3.13. The molecule has 2 aromatic rings. The lowest BCUT2D eigenvalue weighted by Gasteiger charge is -2.10. The predicted octanol–water partition coefficient (Wildman–Crippen LogP) is 2.00. The van der Waals surface area contributed by atoms with Crippen LogP contribution in [0, 0.1) is 10.5 Å². The van der Waals surface area contributed by atoms with E-state index in [1.165, 1.54) is 0 Å². The molecule has 0 fully saturated rings. The molecule has 130 valence electrons. The third-order valence-electron chi connectivity index (χ3n) is 3.54. The molecule has 0 amide bonds. The molecular weight excluding hydrogens is 487 g/mol. The average molecular weight is 507 g/mol. The third-order valence-corrected chi connectivity index (χ3v) is 6.08. The van der Waals surface area contributed by atoms with Crippen LogP contribution in [0.25, 0.3) is 0 Å². The molecule has 0 radical (unpaired) electrons. The highest BCUT2D eigenvalue weighted by atomic mass is 127. The Balaban J connectivity index is 2.47. The lowest BCUT2D eigenvalue weighted by atomic mass is 10.1. The molecule has 1 heterocycles. The van der Waals surface area contributed by atoms with Crippen LogP contribution in [-0.2, 0) is 13.5 Å². The predicted molar refractivity (Wildman–Crippen MR) is 109 cm³/mol. The molecule has 6 nitrogen and oxygen atoms in total. The number of rotatable bonds is 6. The van der Waals surface area contributed by atoms with Gasteiger partial charge in [0.25, 0.3) is 0 Å². The van der Waals surface area contributed by atoms with Crippen molar-refractivity contribution in [3.05, 3.63) is 43.2 Å². The average Bonchev–Trinajstić information content (AvgIpc) is 2.90. The molecule has 0 aliphatic carbocycles. The van der Waals surface area contributed by atoms with Gasteiger partial charge in [0.1, 0.15) is 11.5 Å². The van der Waals surface area contributed by atoms with Gasteiger partial charge in [-0.1, -0.05) is 41.2 Å². The van der Waals surface area contributed by atoms with E-state index >= 15 is 0 Å². The number of nitrogens with two attached hydrogens (primary N) is 1. The Bertz CT molecular complexity index is 789. The number of aliphatic imine (C=N–C) groups is 1. The number of aliphatic hydroxyl groups is 2. The summed E-state index contributed by atoms with van der Waals surface area (Å²) in [5.41, 5.74) is 9.51. The highest BCUT2D eigenvalue weighted by molar-refractivity contribution is 14.2. The van der Waals surface area contributed by atoms with Gasteiger partial charge < -0.3 is 15.9 Å². The fourth-order valence-corrected chi connectivity index (χ4v) is 4.27. The Labute approximate surface area is 159 Å². The van der Waals surface area contributed by atoms with E-state index in [4.69, 9.17) is 10.8 Å². The van der Waals surface area contributed by atoms with Crippen LogP contribution in [0.4, 0.5) is 5.69 Å². The van der Waals surface area contributed by atoms with E-state index in [9.17, 15) is 5.11 Å². The molecule has 2 rings (SSSR count). The Hall–Kier alpha value is -1.10. The van der Waals surface area contributed by atoms with Crippen molar-refractivity contribution in [3.8, 4) is 0 Å². The van der Waals surface area contributed by atoms with E-state index in [0.717, 1.165) is 24.9 Å². The zero-order valence-corrected chi connectivity index (χ0v) is 17.2. The standard InChI is InChI=1S/C16H20BrIN4O2/c1-9-4-14(13(18-2)6-12(9)17)21-16(19)15-10(5-11(24)8-23)7-20-22(15)3/h4,6-7,11,23-24H,2,5,8H2,1,3H3,(H2,19,21). The summed E-state index contributed by atoms with van der Waals surface area (Å²) in [6, 6.07) is 4.02. The molecular formula is C16H20BrIN4O2. The monoisotopic (exact) mass is 506 g/mol. The maximum Gasteiger partial charge on any atom is 0.150 e. The summed E-state index contributed by atoms with van der Waals surface area (Å²) in [5.74, 6) is 0.329. The maximum absolute atomic E-state index is 9.69. The van der Waals surface area contributed by atoms with Crippen molar-refractivity contribution in [2.75, 3.05) is 6.61 Å². The lowest BCUT2D eigenvalue weighted by Crippen LogP contribution is -2.22. The van der Waals surface area contributed by atoms with Crippen molar-refractivity contribution in [3.63, 3.8) is 0 Å². The maximum atomic E-state index is 9.69. The minimum absolute atomic E-state index is 0.268. The Morgan fingerprint density at radius 2 is 2.25 bits per heavy atom. The van der Waals surface area contributed by atoms with Crippen LogP contribution in [0.5, 0.6) is 0 Å². The van der Waals surface area contributed by atoms with E-state index < -0.39 is 26.8 Å². The second-order valence-electron chi connectivity index (χ2n) is 5.37. The van der Waals surface area contributed by atoms with Crippen molar-refractivity contribution >= 4 is 52.7 Å². The SMILES string of the molecule is C=Ic1cc(Br)c(C)cc1N=C(N)c1c(CC(O)CO)cnn1C. The summed E-state index contributed by atoms with van der Waals surface area (Å²) in [7, 11) is 1.77. The normalized spacial score (nSPS) is 13.3. The van der Waals surface area contributed by atoms with Gasteiger partial charge in [0.05, 0.1) is 24.6 Å². The van der Waals surface area contributed by atoms with Gasteiger partial charge >= 0.3 is 0 Å². The number of halogens is 2. The van der Waals surface area contributed by atoms with Gasteiger partial charge in [-0.15, -0.1) is 0 Å². The number of hydrogen-bond acceptors (Lipinski definition) is 4. The number of aryl methyl sites for hydroxylation is 2. The fraction of sp³-hybridized carbons (Fsp3) is 0.312. The van der Waals surface area contributed by atoms with Crippen LogP contribution in [0.2, 0.25) is 0 Å². The molecule has 0 spiro atoms. The van der Waals surface area contributed by atoms with E-state index in [0.29, 0.717) is 11.5 Å². The molecule has 0 saturated carbocycles. The van der Waals surface area contributed by atoms with E-state index in [1.807, 2.05) is 19.1 Å². The zero-order valence-electron chi connectivity index (χ0n) is 13.5. The molecule has 0 bridgehead atoms. The van der Waals surface area contributed by atoms with Crippen molar-refractivity contribution in [1.82, 2.24) is 9.78 Å². The van der Waals surface area contributed by atoms with E-state index in [1.54, 1.807) is 17.9 Å². The quantitative estimate of drug-likeness (QED) is 0.317. The molecule has 1 unspecified atom stereocenters. The molecule has 0 aliphatic rings. The number of amidine groups is 1. The minimum atomic E-state index is -0.850. The summed E-state index contributed by atoms with van der Waals surface area (Å²) in [6.07, 6.45) is 1.06. The van der Waals surface area contributed by atoms with Gasteiger partial charge in [-0.2, -0.15) is 5.10 Å². The third kappa shape index (κ3) is 4.29. The summed E-state index contributed by atoms with van der Waals surface area (Å²) < 4.78 is 7.80. The van der Waals surface area contributed by atoms with Crippen LogP contribution in [-0.4, -0.2) is 43.1 Å². The molecule has 8 heteroatoms. The first-order chi connectivity index (χ1) is 11.4. The molecule has 1 aromatic carbocycles. The second-order valence-corrected chi connectivity index (χ2v) is 8.15. The molecule has 24 heavy (non-hydrogen) atoms. The van der Waals surface area contributed by atoms with Crippen molar-refractivity contribution in [1.29, 1.82) is 0 Å². The van der Waals surface area contributed by atoms with Gasteiger partial charge in [-0.25, -0.2) is 4.99 Å².